The highest BCUT2D eigenvalue weighted by Gasteiger charge is 2.25. The molecule has 1 aliphatic rings. The van der Waals surface area contributed by atoms with Gasteiger partial charge in [-0.2, -0.15) is 0 Å². The van der Waals surface area contributed by atoms with Gasteiger partial charge in [-0.05, 0) is 38.8 Å². The third kappa shape index (κ3) is 4.16. The molecule has 0 atom stereocenters. The van der Waals surface area contributed by atoms with E-state index in [-0.39, 0.29) is 18.1 Å². The van der Waals surface area contributed by atoms with E-state index in [9.17, 15) is 14.9 Å². The predicted molar refractivity (Wildman–Crippen MR) is 111 cm³/mol. The van der Waals surface area contributed by atoms with Crippen LogP contribution in [-0.2, 0) is 6.54 Å². The number of nitro benzene ring substituents is 1. The zero-order valence-electron chi connectivity index (χ0n) is 17.3. The first-order valence-electron chi connectivity index (χ1n) is 9.61. The molecule has 2 aromatic rings. The van der Waals surface area contributed by atoms with E-state index in [1.165, 1.54) is 11.0 Å². The molecule has 1 amide bonds. The SMILES string of the molecule is COc1c(C)cnc(CN(C)C(=O)c2ccc(N3CCCC3)c([N+](=O)[O-])c2)c1C. The van der Waals surface area contributed by atoms with Crippen molar-refractivity contribution in [2.75, 3.05) is 32.1 Å². The van der Waals surface area contributed by atoms with Crippen molar-refractivity contribution >= 4 is 17.3 Å². The summed E-state index contributed by atoms with van der Waals surface area (Å²) in [6.45, 7) is 5.70. The van der Waals surface area contributed by atoms with Crippen LogP contribution in [-0.4, -0.2) is 48.0 Å². The molecule has 0 unspecified atom stereocenters. The van der Waals surface area contributed by atoms with Gasteiger partial charge in [0, 0.05) is 49.1 Å². The molecule has 0 radical (unpaired) electrons. The van der Waals surface area contributed by atoms with Crippen molar-refractivity contribution in [3.63, 3.8) is 0 Å². The molecule has 3 rings (SSSR count). The third-order valence-electron chi connectivity index (χ3n) is 5.35. The number of rotatable bonds is 6. The Morgan fingerprint density at radius 2 is 2.00 bits per heavy atom. The maximum atomic E-state index is 12.9. The molecule has 1 saturated heterocycles. The van der Waals surface area contributed by atoms with Crippen molar-refractivity contribution in [2.24, 2.45) is 0 Å². The zero-order valence-corrected chi connectivity index (χ0v) is 17.3. The summed E-state index contributed by atoms with van der Waals surface area (Å²) in [5.74, 6) is 0.461. The highest BCUT2D eigenvalue weighted by Crippen LogP contribution is 2.32. The number of amides is 1. The van der Waals surface area contributed by atoms with Crippen LogP contribution in [0.1, 0.15) is 40.0 Å². The number of ether oxygens (including phenoxy) is 1. The van der Waals surface area contributed by atoms with Gasteiger partial charge in [-0.3, -0.25) is 19.9 Å². The fourth-order valence-electron chi connectivity index (χ4n) is 3.78. The number of nitro groups is 1. The first-order valence-corrected chi connectivity index (χ1v) is 9.61. The van der Waals surface area contributed by atoms with Gasteiger partial charge < -0.3 is 14.5 Å². The monoisotopic (exact) mass is 398 g/mol. The predicted octanol–water partition coefficient (Wildman–Crippen LogP) is 3.49. The summed E-state index contributed by atoms with van der Waals surface area (Å²) in [4.78, 5) is 32.0. The number of nitrogens with zero attached hydrogens (tertiary/aromatic N) is 4. The van der Waals surface area contributed by atoms with Gasteiger partial charge in [0.25, 0.3) is 11.6 Å². The second-order valence-electron chi connectivity index (χ2n) is 7.36. The van der Waals surface area contributed by atoms with Crippen LogP contribution in [0.5, 0.6) is 5.75 Å². The smallest absolute Gasteiger partial charge is 0.293 e. The second kappa shape index (κ2) is 8.46. The van der Waals surface area contributed by atoms with Crippen molar-refractivity contribution < 1.29 is 14.5 Å². The van der Waals surface area contributed by atoms with Gasteiger partial charge in [0.05, 0.1) is 24.3 Å². The van der Waals surface area contributed by atoms with Crippen LogP contribution < -0.4 is 9.64 Å². The molecule has 0 aliphatic carbocycles. The molecule has 1 aromatic heterocycles. The zero-order chi connectivity index (χ0) is 21.1. The number of benzene rings is 1. The number of methoxy groups -OCH3 is 1. The lowest BCUT2D eigenvalue weighted by Crippen LogP contribution is -2.27. The summed E-state index contributed by atoms with van der Waals surface area (Å²) >= 11 is 0. The Balaban J connectivity index is 1.84. The highest BCUT2D eigenvalue weighted by molar-refractivity contribution is 5.95. The number of carbonyl (C=O) groups is 1. The molecule has 29 heavy (non-hydrogen) atoms. The molecule has 0 N–H and O–H groups in total. The van der Waals surface area contributed by atoms with Gasteiger partial charge in [0.1, 0.15) is 11.4 Å². The topological polar surface area (TPSA) is 88.8 Å². The summed E-state index contributed by atoms with van der Waals surface area (Å²) in [7, 11) is 3.27. The fraction of sp³-hybridized carbons (Fsp3) is 0.429. The number of carbonyl (C=O) groups excluding carboxylic acids is 1. The molecule has 1 aliphatic heterocycles. The third-order valence-corrected chi connectivity index (χ3v) is 5.35. The Bertz CT molecular complexity index is 939. The maximum Gasteiger partial charge on any atom is 0.293 e. The van der Waals surface area contributed by atoms with Gasteiger partial charge in [-0.15, -0.1) is 0 Å². The molecule has 0 bridgehead atoms. The van der Waals surface area contributed by atoms with Crippen LogP contribution in [0.3, 0.4) is 0 Å². The molecule has 0 saturated carbocycles. The van der Waals surface area contributed by atoms with Crippen LogP contribution in [0.4, 0.5) is 11.4 Å². The van der Waals surface area contributed by atoms with E-state index in [0.29, 0.717) is 11.3 Å². The summed E-state index contributed by atoms with van der Waals surface area (Å²) < 4.78 is 5.42. The Morgan fingerprint density at radius 1 is 1.31 bits per heavy atom. The number of pyridine rings is 1. The van der Waals surface area contributed by atoms with Crippen molar-refractivity contribution in [2.45, 2.75) is 33.2 Å². The van der Waals surface area contributed by atoms with Crippen molar-refractivity contribution in [3.05, 3.63) is 56.9 Å². The van der Waals surface area contributed by atoms with Crippen LogP contribution in [0.15, 0.2) is 24.4 Å². The van der Waals surface area contributed by atoms with E-state index < -0.39 is 4.92 Å². The second-order valence-corrected chi connectivity index (χ2v) is 7.36. The van der Waals surface area contributed by atoms with Crippen LogP contribution in [0.2, 0.25) is 0 Å². The van der Waals surface area contributed by atoms with Crippen molar-refractivity contribution in [1.82, 2.24) is 9.88 Å². The average molecular weight is 398 g/mol. The Hall–Kier alpha value is -3.16. The summed E-state index contributed by atoms with van der Waals surface area (Å²) in [5, 5.41) is 11.6. The van der Waals surface area contributed by atoms with Crippen LogP contribution >= 0.6 is 0 Å². The van der Waals surface area contributed by atoms with Gasteiger partial charge in [-0.1, -0.05) is 0 Å². The summed E-state index contributed by atoms with van der Waals surface area (Å²) in [6, 6.07) is 4.72. The first-order chi connectivity index (χ1) is 13.8. The van der Waals surface area contributed by atoms with Gasteiger partial charge in [-0.25, -0.2) is 0 Å². The van der Waals surface area contributed by atoms with E-state index in [4.69, 9.17) is 4.74 Å². The van der Waals surface area contributed by atoms with Crippen molar-refractivity contribution in [1.29, 1.82) is 0 Å². The largest absolute Gasteiger partial charge is 0.496 e. The van der Waals surface area contributed by atoms with E-state index in [0.717, 1.165) is 48.5 Å². The van der Waals surface area contributed by atoms with E-state index >= 15 is 0 Å². The molecule has 2 heterocycles. The molecule has 8 nitrogen and oxygen atoms in total. The number of hydrogen-bond donors (Lipinski definition) is 0. The Morgan fingerprint density at radius 3 is 2.62 bits per heavy atom. The van der Waals surface area contributed by atoms with Gasteiger partial charge in [0.2, 0.25) is 0 Å². The number of hydrogen-bond acceptors (Lipinski definition) is 6. The van der Waals surface area contributed by atoms with E-state index in [1.54, 1.807) is 32.5 Å². The standard InChI is InChI=1S/C21H26N4O4/c1-14-12-22-17(15(2)20(14)29-4)13-23(3)21(26)16-7-8-18(19(11-16)25(27)28)24-9-5-6-10-24/h7-8,11-12H,5-6,9-10,13H2,1-4H3. The van der Waals surface area contributed by atoms with Crippen LogP contribution in [0, 0.1) is 24.0 Å². The van der Waals surface area contributed by atoms with Crippen molar-refractivity contribution in [3.8, 4) is 5.75 Å². The quantitative estimate of drug-likeness (QED) is 0.547. The van der Waals surface area contributed by atoms with E-state index in [1.807, 2.05) is 18.7 Å². The molecule has 154 valence electrons. The molecular weight excluding hydrogens is 372 g/mol. The van der Waals surface area contributed by atoms with E-state index in [2.05, 4.69) is 4.98 Å². The first kappa shape index (κ1) is 20.6. The molecule has 1 fully saturated rings. The minimum absolute atomic E-state index is 0.0301. The maximum absolute atomic E-state index is 12.9. The minimum Gasteiger partial charge on any atom is -0.496 e. The summed E-state index contributed by atoms with van der Waals surface area (Å²) in [5.41, 5.74) is 3.37. The molecule has 8 heteroatoms. The number of aryl methyl sites for hydroxylation is 1. The normalized spacial score (nSPS) is 13.4. The number of aromatic nitrogens is 1. The minimum atomic E-state index is -0.416. The molecule has 1 aromatic carbocycles. The molecule has 0 spiro atoms. The number of anilines is 1. The highest BCUT2D eigenvalue weighted by atomic mass is 16.6. The van der Waals surface area contributed by atoms with Gasteiger partial charge >= 0.3 is 0 Å². The van der Waals surface area contributed by atoms with Crippen LogP contribution in [0.25, 0.3) is 0 Å². The van der Waals surface area contributed by atoms with Gasteiger partial charge in [0.15, 0.2) is 0 Å². The Kier molecular flexibility index (Phi) is 6.00. The molecular formula is C21H26N4O4. The summed E-state index contributed by atoms with van der Waals surface area (Å²) in [6.07, 6.45) is 3.76. The lowest BCUT2D eigenvalue weighted by Gasteiger charge is -2.21. The average Bonchev–Trinajstić information content (AvgIpc) is 3.24. The lowest BCUT2D eigenvalue weighted by molar-refractivity contribution is -0.384. The fourth-order valence-corrected chi connectivity index (χ4v) is 3.78. The lowest BCUT2D eigenvalue weighted by atomic mass is 10.1. The Labute approximate surface area is 170 Å².